The highest BCUT2D eigenvalue weighted by atomic mass is 35.5. The van der Waals surface area contributed by atoms with Gasteiger partial charge in [-0.2, -0.15) is 0 Å². The summed E-state index contributed by atoms with van der Waals surface area (Å²) in [6.07, 6.45) is 4.44. The zero-order valence-electron chi connectivity index (χ0n) is 10.9. The predicted octanol–water partition coefficient (Wildman–Crippen LogP) is 4.00. The SMILES string of the molecule is O=C(/C=C/c1ccc(Cl)cc1)N1CCc2sccc2C1. The van der Waals surface area contributed by atoms with Crippen LogP contribution in [0.5, 0.6) is 0 Å². The van der Waals surface area contributed by atoms with E-state index in [1.807, 2.05) is 35.2 Å². The highest BCUT2D eigenvalue weighted by molar-refractivity contribution is 7.10. The van der Waals surface area contributed by atoms with Crippen LogP contribution in [0.2, 0.25) is 5.02 Å². The molecule has 3 rings (SSSR count). The number of fused-ring (bicyclic) bond motifs is 1. The van der Waals surface area contributed by atoms with E-state index < -0.39 is 0 Å². The largest absolute Gasteiger partial charge is 0.334 e. The van der Waals surface area contributed by atoms with Crippen LogP contribution >= 0.6 is 22.9 Å². The molecule has 0 radical (unpaired) electrons. The number of thiophene rings is 1. The minimum absolute atomic E-state index is 0.0665. The number of hydrogen-bond donors (Lipinski definition) is 0. The minimum atomic E-state index is 0.0665. The lowest BCUT2D eigenvalue weighted by Gasteiger charge is -2.25. The van der Waals surface area contributed by atoms with Crippen molar-refractivity contribution in [2.75, 3.05) is 6.54 Å². The lowest BCUT2D eigenvalue weighted by Crippen LogP contribution is -2.34. The first-order valence-electron chi connectivity index (χ1n) is 6.50. The summed E-state index contributed by atoms with van der Waals surface area (Å²) >= 11 is 7.62. The highest BCUT2D eigenvalue weighted by Gasteiger charge is 2.19. The molecular formula is C16H14ClNOS. The Labute approximate surface area is 127 Å². The Morgan fingerprint density at radius 3 is 2.85 bits per heavy atom. The Kier molecular flexibility index (Phi) is 3.90. The van der Waals surface area contributed by atoms with E-state index in [2.05, 4.69) is 11.4 Å². The van der Waals surface area contributed by atoms with Gasteiger partial charge < -0.3 is 4.90 Å². The third-order valence-electron chi connectivity index (χ3n) is 3.41. The minimum Gasteiger partial charge on any atom is -0.334 e. The summed E-state index contributed by atoms with van der Waals surface area (Å²) in [7, 11) is 0. The van der Waals surface area contributed by atoms with E-state index in [0.29, 0.717) is 5.02 Å². The van der Waals surface area contributed by atoms with E-state index >= 15 is 0 Å². The van der Waals surface area contributed by atoms with Crippen LogP contribution in [0.1, 0.15) is 16.0 Å². The van der Waals surface area contributed by atoms with Gasteiger partial charge in [0.2, 0.25) is 5.91 Å². The van der Waals surface area contributed by atoms with E-state index in [1.165, 1.54) is 10.4 Å². The summed E-state index contributed by atoms with van der Waals surface area (Å²) in [5.41, 5.74) is 2.27. The Balaban J connectivity index is 1.67. The second-order valence-electron chi connectivity index (χ2n) is 4.76. The summed E-state index contributed by atoms with van der Waals surface area (Å²) in [5, 5.41) is 2.80. The quantitative estimate of drug-likeness (QED) is 0.768. The maximum atomic E-state index is 12.2. The van der Waals surface area contributed by atoms with Crippen molar-refractivity contribution < 1.29 is 4.79 Å². The zero-order chi connectivity index (χ0) is 13.9. The lowest BCUT2D eigenvalue weighted by atomic mass is 10.1. The number of benzene rings is 1. The van der Waals surface area contributed by atoms with Crippen molar-refractivity contribution >= 4 is 34.9 Å². The van der Waals surface area contributed by atoms with E-state index in [9.17, 15) is 4.79 Å². The van der Waals surface area contributed by atoms with Crippen molar-refractivity contribution in [1.29, 1.82) is 0 Å². The first kappa shape index (κ1) is 13.4. The fraction of sp³-hybridized carbons (Fsp3) is 0.188. The van der Waals surface area contributed by atoms with Crippen LogP contribution in [0.4, 0.5) is 0 Å². The van der Waals surface area contributed by atoms with Crippen LogP contribution in [0.3, 0.4) is 0 Å². The standard InChI is InChI=1S/C16H14ClNOS/c17-14-4-1-12(2-5-14)3-6-16(19)18-9-7-15-13(11-18)8-10-20-15/h1-6,8,10H,7,9,11H2/b6-3+. The molecule has 2 heterocycles. The summed E-state index contributed by atoms with van der Waals surface area (Å²) in [5.74, 6) is 0.0665. The van der Waals surface area contributed by atoms with Gasteiger partial charge >= 0.3 is 0 Å². The van der Waals surface area contributed by atoms with Gasteiger partial charge in [-0.3, -0.25) is 4.79 Å². The highest BCUT2D eigenvalue weighted by Crippen LogP contribution is 2.24. The molecule has 0 bridgehead atoms. The molecule has 0 fully saturated rings. The average Bonchev–Trinajstić information content (AvgIpc) is 2.93. The average molecular weight is 304 g/mol. The van der Waals surface area contributed by atoms with Gasteiger partial charge in [0.1, 0.15) is 0 Å². The molecule has 0 unspecified atom stereocenters. The molecule has 2 aromatic rings. The first-order valence-corrected chi connectivity index (χ1v) is 7.76. The maximum absolute atomic E-state index is 12.2. The fourth-order valence-corrected chi connectivity index (χ4v) is 3.30. The second kappa shape index (κ2) is 5.81. The number of carbonyl (C=O) groups is 1. The number of rotatable bonds is 2. The van der Waals surface area contributed by atoms with E-state index in [-0.39, 0.29) is 5.91 Å². The van der Waals surface area contributed by atoms with Crippen LogP contribution in [-0.4, -0.2) is 17.4 Å². The first-order chi connectivity index (χ1) is 9.72. The predicted molar refractivity (Wildman–Crippen MR) is 83.9 cm³/mol. The molecule has 0 aliphatic carbocycles. The molecule has 1 aliphatic heterocycles. The molecular weight excluding hydrogens is 290 g/mol. The number of carbonyl (C=O) groups excluding carboxylic acids is 1. The van der Waals surface area contributed by atoms with Gasteiger partial charge in [-0.25, -0.2) is 0 Å². The molecule has 20 heavy (non-hydrogen) atoms. The summed E-state index contributed by atoms with van der Waals surface area (Å²) in [6.45, 7) is 1.53. The number of amides is 1. The third kappa shape index (κ3) is 2.94. The van der Waals surface area contributed by atoms with Crippen LogP contribution < -0.4 is 0 Å². The van der Waals surface area contributed by atoms with Crippen molar-refractivity contribution in [2.24, 2.45) is 0 Å². The van der Waals surface area contributed by atoms with Gasteiger partial charge in [-0.1, -0.05) is 23.7 Å². The second-order valence-corrected chi connectivity index (χ2v) is 6.20. The van der Waals surface area contributed by atoms with Crippen molar-refractivity contribution in [3.63, 3.8) is 0 Å². The Morgan fingerprint density at radius 1 is 1.25 bits per heavy atom. The summed E-state index contributed by atoms with van der Waals surface area (Å²) < 4.78 is 0. The molecule has 1 aromatic carbocycles. The summed E-state index contributed by atoms with van der Waals surface area (Å²) in [6, 6.07) is 9.56. The third-order valence-corrected chi connectivity index (χ3v) is 4.68. The lowest BCUT2D eigenvalue weighted by molar-refractivity contribution is -0.126. The number of halogens is 1. The van der Waals surface area contributed by atoms with Crippen LogP contribution in [0.25, 0.3) is 6.08 Å². The smallest absolute Gasteiger partial charge is 0.246 e. The summed E-state index contributed by atoms with van der Waals surface area (Å²) in [4.78, 5) is 15.5. The Morgan fingerprint density at radius 2 is 2.05 bits per heavy atom. The topological polar surface area (TPSA) is 20.3 Å². The normalized spacial score (nSPS) is 14.6. The van der Waals surface area contributed by atoms with Crippen LogP contribution in [0.15, 0.2) is 41.8 Å². The molecule has 1 amide bonds. The molecule has 0 N–H and O–H groups in total. The van der Waals surface area contributed by atoms with Crippen LogP contribution in [0, 0.1) is 0 Å². The Hall–Kier alpha value is -1.58. The molecule has 2 nitrogen and oxygen atoms in total. The number of nitrogens with zero attached hydrogens (tertiary/aromatic N) is 1. The molecule has 0 atom stereocenters. The van der Waals surface area contributed by atoms with Crippen molar-refractivity contribution in [1.82, 2.24) is 4.90 Å². The van der Waals surface area contributed by atoms with Gasteiger partial charge in [-0.15, -0.1) is 11.3 Å². The monoisotopic (exact) mass is 303 g/mol. The van der Waals surface area contributed by atoms with Crippen molar-refractivity contribution in [2.45, 2.75) is 13.0 Å². The molecule has 0 saturated heterocycles. The Bertz CT molecular complexity index is 645. The van der Waals surface area contributed by atoms with E-state index in [4.69, 9.17) is 11.6 Å². The molecule has 102 valence electrons. The van der Waals surface area contributed by atoms with E-state index in [0.717, 1.165) is 25.1 Å². The molecule has 1 aliphatic rings. The van der Waals surface area contributed by atoms with Gasteiger partial charge in [0.25, 0.3) is 0 Å². The van der Waals surface area contributed by atoms with Crippen LogP contribution in [-0.2, 0) is 17.8 Å². The number of hydrogen-bond acceptors (Lipinski definition) is 2. The molecule has 0 spiro atoms. The fourth-order valence-electron chi connectivity index (χ4n) is 2.28. The zero-order valence-corrected chi connectivity index (χ0v) is 12.5. The molecule has 4 heteroatoms. The van der Waals surface area contributed by atoms with Gasteiger partial charge in [0.05, 0.1) is 0 Å². The van der Waals surface area contributed by atoms with Crippen molar-refractivity contribution in [3.05, 3.63) is 62.8 Å². The molecule has 1 aromatic heterocycles. The van der Waals surface area contributed by atoms with Gasteiger partial charge in [0, 0.05) is 29.1 Å². The van der Waals surface area contributed by atoms with E-state index in [1.54, 1.807) is 17.4 Å². The van der Waals surface area contributed by atoms with Gasteiger partial charge in [0.15, 0.2) is 0 Å². The molecule has 0 saturated carbocycles. The van der Waals surface area contributed by atoms with Crippen molar-refractivity contribution in [3.8, 4) is 0 Å². The maximum Gasteiger partial charge on any atom is 0.246 e. The van der Waals surface area contributed by atoms with Gasteiger partial charge in [-0.05, 0) is 47.2 Å².